The van der Waals surface area contributed by atoms with Crippen molar-refractivity contribution in [2.45, 2.75) is 6.04 Å². The van der Waals surface area contributed by atoms with Crippen molar-refractivity contribution < 1.29 is 19.0 Å². The van der Waals surface area contributed by atoms with Crippen LogP contribution in [0.25, 0.3) is 0 Å². The number of nitrogens with one attached hydrogen (secondary N) is 1. The first-order valence-corrected chi connectivity index (χ1v) is 6.88. The van der Waals surface area contributed by atoms with Crippen LogP contribution in [0.15, 0.2) is 36.4 Å². The highest BCUT2D eigenvalue weighted by atomic mass is 16.5. The molecule has 5 nitrogen and oxygen atoms in total. The third-order valence-corrected chi connectivity index (χ3v) is 3.83. The third kappa shape index (κ3) is 2.24. The average molecular weight is 299 g/mol. The van der Waals surface area contributed by atoms with E-state index in [1.807, 2.05) is 24.3 Å². The zero-order valence-corrected chi connectivity index (χ0v) is 12.7. The Morgan fingerprint density at radius 3 is 2.18 bits per heavy atom. The minimum absolute atomic E-state index is 0.131. The molecule has 1 heterocycles. The van der Waals surface area contributed by atoms with Crippen molar-refractivity contribution in [3.63, 3.8) is 0 Å². The predicted octanol–water partition coefficient (Wildman–Crippen LogP) is 2.55. The second-order valence-electron chi connectivity index (χ2n) is 4.97. The first-order chi connectivity index (χ1) is 10.7. The van der Waals surface area contributed by atoms with Gasteiger partial charge in [0, 0.05) is 11.6 Å². The lowest BCUT2D eigenvalue weighted by Gasteiger charge is -2.16. The van der Waals surface area contributed by atoms with Gasteiger partial charge in [0.1, 0.15) is 17.2 Å². The Balaban J connectivity index is 2.09. The van der Waals surface area contributed by atoms with Crippen molar-refractivity contribution in [1.29, 1.82) is 0 Å². The second kappa shape index (κ2) is 5.60. The summed E-state index contributed by atoms with van der Waals surface area (Å²) in [6, 6.07) is 10.9. The van der Waals surface area contributed by atoms with Gasteiger partial charge in [0.05, 0.1) is 32.9 Å². The molecule has 5 heteroatoms. The molecule has 0 aromatic heterocycles. The van der Waals surface area contributed by atoms with Gasteiger partial charge in [0.25, 0.3) is 5.91 Å². The Kier molecular flexibility index (Phi) is 3.63. The van der Waals surface area contributed by atoms with Gasteiger partial charge in [-0.15, -0.1) is 0 Å². The SMILES string of the molecule is COc1ccc([C@H]2NC(=O)c3cc(OC)cc(OC)c32)cc1. The maximum Gasteiger partial charge on any atom is 0.252 e. The summed E-state index contributed by atoms with van der Waals surface area (Å²) in [4.78, 5) is 12.3. The Morgan fingerprint density at radius 1 is 0.909 bits per heavy atom. The molecule has 114 valence electrons. The topological polar surface area (TPSA) is 56.8 Å². The maximum absolute atomic E-state index is 12.3. The molecule has 22 heavy (non-hydrogen) atoms. The molecule has 0 radical (unpaired) electrons. The fraction of sp³-hybridized carbons (Fsp3) is 0.235. The van der Waals surface area contributed by atoms with Crippen LogP contribution in [0.3, 0.4) is 0 Å². The number of carbonyl (C=O) groups excluding carboxylic acids is 1. The molecule has 0 unspecified atom stereocenters. The normalized spacial score (nSPS) is 16.0. The summed E-state index contributed by atoms with van der Waals surface area (Å²) in [7, 11) is 4.77. The first-order valence-electron chi connectivity index (χ1n) is 6.88. The zero-order valence-electron chi connectivity index (χ0n) is 12.7. The van der Waals surface area contributed by atoms with Gasteiger partial charge >= 0.3 is 0 Å². The Bertz CT molecular complexity index is 709. The highest BCUT2D eigenvalue weighted by molar-refractivity contribution is 6.01. The molecule has 3 rings (SSSR count). The fourth-order valence-corrected chi connectivity index (χ4v) is 2.70. The number of rotatable bonds is 4. The van der Waals surface area contributed by atoms with E-state index in [2.05, 4.69) is 5.32 Å². The molecule has 2 aromatic rings. The van der Waals surface area contributed by atoms with E-state index in [0.717, 1.165) is 16.9 Å². The number of benzene rings is 2. The van der Waals surface area contributed by atoms with Crippen LogP contribution in [0.1, 0.15) is 27.5 Å². The summed E-state index contributed by atoms with van der Waals surface area (Å²) in [5, 5.41) is 2.98. The summed E-state index contributed by atoms with van der Waals surface area (Å²) in [6.45, 7) is 0. The van der Waals surface area contributed by atoms with E-state index in [9.17, 15) is 4.79 Å². The van der Waals surface area contributed by atoms with Crippen LogP contribution in [0.5, 0.6) is 17.2 Å². The number of ether oxygens (including phenoxy) is 3. The van der Waals surface area contributed by atoms with E-state index in [1.165, 1.54) is 0 Å². The number of carbonyl (C=O) groups is 1. The van der Waals surface area contributed by atoms with E-state index in [-0.39, 0.29) is 11.9 Å². The molecule has 2 aromatic carbocycles. The molecule has 1 aliphatic rings. The Hall–Kier alpha value is -2.69. The van der Waals surface area contributed by atoms with Crippen molar-refractivity contribution in [3.05, 3.63) is 53.1 Å². The van der Waals surface area contributed by atoms with E-state index in [4.69, 9.17) is 14.2 Å². The highest BCUT2D eigenvalue weighted by Gasteiger charge is 2.33. The molecule has 1 atom stereocenters. The molecule has 0 saturated heterocycles. The number of hydrogen-bond donors (Lipinski definition) is 1. The lowest BCUT2D eigenvalue weighted by Crippen LogP contribution is -2.19. The summed E-state index contributed by atoms with van der Waals surface area (Å²) in [5.74, 6) is 1.87. The number of hydrogen-bond acceptors (Lipinski definition) is 4. The van der Waals surface area contributed by atoms with E-state index >= 15 is 0 Å². The van der Waals surface area contributed by atoms with Crippen molar-refractivity contribution in [3.8, 4) is 17.2 Å². The molecule has 0 bridgehead atoms. The lowest BCUT2D eigenvalue weighted by molar-refractivity contribution is 0.0960. The largest absolute Gasteiger partial charge is 0.497 e. The predicted molar refractivity (Wildman–Crippen MR) is 81.8 cm³/mol. The van der Waals surface area contributed by atoms with Crippen LogP contribution >= 0.6 is 0 Å². The van der Waals surface area contributed by atoms with Crippen molar-refractivity contribution in [2.75, 3.05) is 21.3 Å². The van der Waals surface area contributed by atoms with Crippen LogP contribution in [-0.2, 0) is 0 Å². The van der Waals surface area contributed by atoms with Crippen LogP contribution in [0.4, 0.5) is 0 Å². The van der Waals surface area contributed by atoms with Gasteiger partial charge in [0.2, 0.25) is 0 Å². The summed E-state index contributed by atoms with van der Waals surface area (Å²) in [5.41, 5.74) is 2.38. The molecule has 1 amide bonds. The van der Waals surface area contributed by atoms with Gasteiger partial charge in [0.15, 0.2) is 0 Å². The van der Waals surface area contributed by atoms with Gasteiger partial charge in [-0.1, -0.05) is 12.1 Å². The Labute approximate surface area is 128 Å². The van der Waals surface area contributed by atoms with E-state index < -0.39 is 0 Å². The van der Waals surface area contributed by atoms with Gasteiger partial charge in [-0.25, -0.2) is 0 Å². The molecule has 0 fully saturated rings. The molecule has 1 N–H and O–H groups in total. The van der Waals surface area contributed by atoms with E-state index in [0.29, 0.717) is 17.1 Å². The molecule has 0 spiro atoms. The lowest BCUT2D eigenvalue weighted by atomic mass is 9.97. The molecular weight excluding hydrogens is 282 g/mol. The third-order valence-electron chi connectivity index (χ3n) is 3.83. The van der Waals surface area contributed by atoms with Crippen molar-refractivity contribution >= 4 is 5.91 Å². The first kappa shape index (κ1) is 14.3. The van der Waals surface area contributed by atoms with Crippen LogP contribution in [0.2, 0.25) is 0 Å². The van der Waals surface area contributed by atoms with Crippen LogP contribution in [0, 0.1) is 0 Å². The maximum atomic E-state index is 12.3. The number of amides is 1. The van der Waals surface area contributed by atoms with Crippen molar-refractivity contribution in [1.82, 2.24) is 5.32 Å². The molecule has 0 saturated carbocycles. The molecule has 0 aliphatic carbocycles. The van der Waals surface area contributed by atoms with Crippen molar-refractivity contribution in [2.24, 2.45) is 0 Å². The van der Waals surface area contributed by atoms with E-state index in [1.54, 1.807) is 33.5 Å². The number of fused-ring (bicyclic) bond motifs is 1. The van der Waals surface area contributed by atoms with Gasteiger partial charge in [-0.3, -0.25) is 4.79 Å². The summed E-state index contributed by atoms with van der Waals surface area (Å²) < 4.78 is 15.8. The summed E-state index contributed by atoms with van der Waals surface area (Å²) in [6.07, 6.45) is 0. The molecule has 1 aliphatic heterocycles. The van der Waals surface area contributed by atoms with Gasteiger partial charge < -0.3 is 19.5 Å². The number of methoxy groups -OCH3 is 3. The smallest absolute Gasteiger partial charge is 0.252 e. The zero-order chi connectivity index (χ0) is 15.7. The molecular formula is C17H17NO4. The monoisotopic (exact) mass is 299 g/mol. The standard InChI is InChI=1S/C17H17NO4/c1-20-11-6-4-10(5-7-11)16-15-13(17(19)18-16)8-12(21-2)9-14(15)22-3/h4-9,16H,1-3H3,(H,18,19)/t16-/m1/s1. The minimum Gasteiger partial charge on any atom is -0.497 e. The average Bonchev–Trinajstić information content (AvgIpc) is 2.91. The minimum atomic E-state index is -0.241. The fourth-order valence-electron chi connectivity index (χ4n) is 2.70. The quantitative estimate of drug-likeness (QED) is 0.942. The van der Waals surface area contributed by atoms with Crippen LogP contribution in [-0.4, -0.2) is 27.2 Å². The Morgan fingerprint density at radius 2 is 1.59 bits per heavy atom. The van der Waals surface area contributed by atoms with Gasteiger partial charge in [-0.2, -0.15) is 0 Å². The van der Waals surface area contributed by atoms with Gasteiger partial charge in [-0.05, 0) is 23.8 Å². The summed E-state index contributed by atoms with van der Waals surface area (Å²) >= 11 is 0. The second-order valence-corrected chi connectivity index (χ2v) is 4.97. The van der Waals surface area contributed by atoms with Crippen LogP contribution < -0.4 is 19.5 Å². The highest BCUT2D eigenvalue weighted by Crippen LogP contribution is 2.40.